The Morgan fingerprint density at radius 2 is 2.35 bits per heavy atom. The third kappa shape index (κ3) is 3.54. The molecule has 0 aliphatic carbocycles. The van der Waals surface area contributed by atoms with Gasteiger partial charge in [0.05, 0.1) is 17.7 Å². The molecule has 1 aromatic carbocycles. The van der Waals surface area contributed by atoms with Crippen molar-refractivity contribution in [1.29, 1.82) is 5.26 Å². The Bertz CT molecular complexity index is 758. The largest absolute Gasteiger partial charge is 0.341 e. The van der Waals surface area contributed by atoms with Crippen LogP contribution in [0.15, 0.2) is 22.7 Å². The Kier molecular flexibility index (Phi) is 4.70. The van der Waals surface area contributed by atoms with Crippen molar-refractivity contribution in [2.24, 2.45) is 0 Å². The van der Waals surface area contributed by atoms with E-state index in [0.29, 0.717) is 15.2 Å². The highest BCUT2D eigenvalue weighted by molar-refractivity contribution is 9.10. The van der Waals surface area contributed by atoms with E-state index >= 15 is 0 Å². The zero-order valence-electron chi connectivity index (χ0n) is 10.5. The average Bonchev–Trinajstić information content (AvgIpc) is 2.70. The van der Waals surface area contributed by atoms with Gasteiger partial charge in [0, 0.05) is 15.0 Å². The SMILES string of the molecule is Cc1[nH]c(=S)sc1CC(=O)Nc1ccc(Br)cc1C#N. The van der Waals surface area contributed by atoms with Crippen molar-refractivity contribution in [3.8, 4) is 6.07 Å². The normalized spacial score (nSPS) is 10.1. The van der Waals surface area contributed by atoms with E-state index in [2.05, 4.69) is 32.3 Å². The number of aromatic amines is 1. The van der Waals surface area contributed by atoms with Crippen LogP contribution in [-0.4, -0.2) is 10.9 Å². The number of anilines is 1. The smallest absolute Gasteiger partial charge is 0.229 e. The lowest BCUT2D eigenvalue weighted by atomic mass is 10.2. The Morgan fingerprint density at radius 1 is 1.60 bits per heavy atom. The van der Waals surface area contributed by atoms with Crippen molar-refractivity contribution in [3.63, 3.8) is 0 Å². The second-order valence-electron chi connectivity index (χ2n) is 4.09. The Hall–Kier alpha value is -1.49. The number of amides is 1. The van der Waals surface area contributed by atoms with Gasteiger partial charge < -0.3 is 10.3 Å². The number of nitrogens with zero attached hydrogens (tertiary/aromatic N) is 1. The molecule has 102 valence electrons. The number of nitriles is 1. The van der Waals surface area contributed by atoms with Crippen LogP contribution in [0.5, 0.6) is 0 Å². The first-order valence-corrected chi connectivity index (χ1v) is 7.69. The van der Waals surface area contributed by atoms with Gasteiger partial charge in [-0.3, -0.25) is 4.79 Å². The topological polar surface area (TPSA) is 68.7 Å². The molecular formula is C13H10BrN3OS2. The summed E-state index contributed by atoms with van der Waals surface area (Å²) in [6.45, 7) is 1.88. The van der Waals surface area contributed by atoms with Gasteiger partial charge in [0.2, 0.25) is 5.91 Å². The Balaban J connectivity index is 2.15. The highest BCUT2D eigenvalue weighted by Gasteiger charge is 2.11. The van der Waals surface area contributed by atoms with E-state index in [1.54, 1.807) is 18.2 Å². The monoisotopic (exact) mass is 367 g/mol. The zero-order chi connectivity index (χ0) is 14.7. The van der Waals surface area contributed by atoms with Crippen molar-refractivity contribution in [3.05, 3.63) is 42.8 Å². The molecule has 0 saturated heterocycles. The van der Waals surface area contributed by atoms with Crippen LogP contribution in [-0.2, 0) is 11.2 Å². The van der Waals surface area contributed by atoms with Gasteiger partial charge in [0.1, 0.15) is 6.07 Å². The summed E-state index contributed by atoms with van der Waals surface area (Å²) < 4.78 is 1.46. The number of rotatable bonds is 3. The van der Waals surface area contributed by atoms with Crippen LogP contribution in [0.3, 0.4) is 0 Å². The number of halogens is 1. The van der Waals surface area contributed by atoms with Crippen molar-refractivity contribution >= 4 is 51.1 Å². The highest BCUT2D eigenvalue weighted by Crippen LogP contribution is 2.21. The number of nitrogens with one attached hydrogen (secondary N) is 2. The molecule has 0 fully saturated rings. The summed E-state index contributed by atoms with van der Waals surface area (Å²) >= 11 is 9.72. The maximum Gasteiger partial charge on any atom is 0.229 e. The van der Waals surface area contributed by atoms with Gasteiger partial charge in [0.15, 0.2) is 3.95 Å². The molecule has 2 N–H and O–H groups in total. The number of aromatic nitrogens is 1. The van der Waals surface area contributed by atoms with E-state index in [-0.39, 0.29) is 12.3 Å². The molecule has 0 radical (unpaired) electrons. The molecule has 20 heavy (non-hydrogen) atoms. The predicted molar refractivity (Wildman–Crippen MR) is 85.4 cm³/mol. The molecule has 0 aliphatic heterocycles. The summed E-state index contributed by atoms with van der Waals surface area (Å²) in [6, 6.07) is 7.20. The van der Waals surface area contributed by atoms with Crippen LogP contribution in [0.2, 0.25) is 0 Å². The molecule has 7 heteroatoms. The van der Waals surface area contributed by atoms with Crippen LogP contribution in [0.25, 0.3) is 0 Å². The maximum absolute atomic E-state index is 12.0. The van der Waals surface area contributed by atoms with E-state index < -0.39 is 0 Å². The first kappa shape index (κ1) is 14.9. The Morgan fingerprint density at radius 3 is 2.95 bits per heavy atom. The number of carbonyl (C=O) groups excluding carboxylic acids is 1. The van der Waals surface area contributed by atoms with Crippen LogP contribution < -0.4 is 5.32 Å². The lowest BCUT2D eigenvalue weighted by Crippen LogP contribution is -2.15. The molecule has 2 aromatic rings. The van der Waals surface area contributed by atoms with Gasteiger partial charge in [-0.25, -0.2) is 0 Å². The summed E-state index contributed by atoms with van der Waals surface area (Å²) in [4.78, 5) is 15.9. The van der Waals surface area contributed by atoms with Crippen LogP contribution in [0, 0.1) is 22.2 Å². The predicted octanol–water partition coefficient (Wildman–Crippen LogP) is 3.93. The summed E-state index contributed by atoms with van der Waals surface area (Å²) in [6.07, 6.45) is 0.241. The minimum atomic E-state index is -0.169. The minimum absolute atomic E-state index is 0.169. The second kappa shape index (κ2) is 6.31. The molecule has 0 saturated carbocycles. The number of H-pyrrole nitrogens is 1. The van der Waals surface area contributed by atoms with Crippen molar-refractivity contribution in [2.45, 2.75) is 13.3 Å². The first-order valence-electron chi connectivity index (χ1n) is 5.67. The van der Waals surface area contributed by atoms with Crippen LogP contribution >= 0.6 is 39.5 Å². The highest BCUT2D eigenvalue weighted by atomic mass is 79.9. The molecule has 4 nitrogen and oxygen atoms in total. The lowest BCUT2D eigenvalue weighted by Gasteiger charge is -2.07. The molecule has 0 spiro atoms. The maximum atomic E-state index is 12.0. The molecule has 0 aliphatic rings. The summed E-state index contributed by atoms with van der Waals surface area (Å²) in [5.74, 6) is -0.169. The van der Waals surface area contributed by atoms with Crippen LogP contribution in [0.4, 0.5) is 5.69 Å². The van der Waals surface area contributed by atoms with Gasteiger partial charge in [-0.2, -0.15) is 5.26 Å². The fourth-order valence-corrected chi connectivity index (χ4v) is 3.31. The number of aryl methyl sites for hydroxylation is 1. The molecule has 1 heterocycles. The zero-order valence-corrected chi connectivity index (χ0v) is 13.7. The van der Waals surface area contributed by atoms with Gasteiger partial charge in [0.25, 0.3) is 0 Å². The van der Waals surface area contributed by atoms with Gasteiger partial charge in [-0.05, 0) is 37.3 Å². The third-order valence-electron chi connectivity index (χ3n) is 2.62. The quantitative estimate of drug-likeness (QED) is 0.807. The van der Waals surface area contributed by atoms with Crippen LogP contribution in [0.1, 0.15) is 16.1 Å². The molecular weight excluding hydrogens is 358 g/mol. The fourth-order valence-electron chi connectivity index (χ4n) is 1.66. The molecule has 0 unspecified atom stereocenters. The summed E-state index contributed by atoms with van der Waals surface area (Å²) in [5, 5.41) is 11.8. The average molecular weight is 368 g/mol. The van der Waals surface area contributed by atoms with E-state index in [0.717, 1.165) is 15.0 Å². The van der Waals surface area contributed by atoms with Gasteiger partial charge >= 0.3 is 0 Å². The van der Waals surface area contributed by atoms with Crippen molar-refractivity contribution in [2.75, 3.05) is 5.32 Å². The fraction of sp³-hybridized carbons (Fsp3) is 0.154. The van der Waals surface area contributed by atoms with Gasteiger partial charge in [-0.15, -0.1) is 11.3 Å². The molecule has 1 amide bonds. The standard InChI is InChI=1S/C13H10BrN3OS2/c1-7-11(20-13(19)16-7)5-12(18)17-10-3-2-9(14)4-8(10)6-15/h2-4H,5H2,1H3,(H,16,19)(H,17,18). The lowest BCUT2D eigenvalue weighted by molar-refractivity contribution is -0.115. The van der Waals surface area contributed by atoms with E-state index in [9.17, 15) is 4.79 Å². The Labute approximate surface area is 133 Å². The number of hydrogen-bond donors (Lipinski definition) is 2. The van der Waals surface area contributed by atoms with Gasteiger partial charge in [-0.1, -0.05) is 15.9 Å². The second-order valence-corrected chi connectivity index (χ2v) is 6.78. The molecule has 0 bridgehead atoms. The van der Waals surface area contributed by atoms with E-state index in [1.165, 1.54) is 11.3 Å². The number of hydrogen-bond acceptors (Lipinski definition) is 4. The van der Waals surface area contributed by atoms with E-state index in [4.69, 9.17) is 17.5 Å². The number of carbonyl (C=O) groups is 1. The van der Waals surface area contributed by atoms with Crippen molar-refractivity contribution < 1.29 is 4.79 Å². The summed E-state index contributed by atoms with van der Waals surface area (Å²) in [7, 11) is 0. The molecule has 0 atom stereocenters. The third-order valence-corrected chi connectivity index (χ3v) is 4.45. The van der Waals surface area contributed by atoms with E-state index in [1.807, 2.05) is 6.92 Å². The number of benzene rings is 1. The minimum Gasteiger partial charge on any atom is -0.341 e. The van der Waals surface area contributed by atoms with Crippen molar-refractivity contribution in [1.82, 2.24) is 4.98 Å². The first-order chi connectivity index (χ1) is 9.49. The number of thiazole rings is 1. The molecule has 2 rings (SSSR count). The summed E-state index contributed by atoms with van der Waals surface area (Å²) in [5.41, 5.74) is 1.84. The molecule has 1 aromatic heterocycles.